The molecular weight excluding hydrogens is 250 g/mol. The molecule has 1 saturated carbocycles. The van der Waals surface area contributed by atoms with Gasteiger partial charge in [0.05, 0.1) is 0 Å². The van der Waals surface area contributed by atoms with Gasteiger partial charge in [-0.1, -0.05) is 39.8 Å². The highest BCUT2D eigenvalue weighted by Gasteiger charge is 2.49. The van der Waals surface area contributed by atoms with Crippen molar-refractivity contribution in [1.29, 1.82) is 0 Å². The first kappa shape index (κ1) is 14.9. The van der Waals surface area contributed by atoms with Crippen LogP contribution in [0.5, 0.6) is 0 Å². The predicted molar refractivity (Wildman–Crippen MR) is 86.0 cm³/mol. The summed E-state index contributed by atoms with van der Waals surface area (Å²) >= 11 is 1.94. The first-order valence-corrected chi connectivity index (χ1v) is 8.33. The molecule has 106 valence electrons. The van der Waals surface area contributed by atoms with Crippen LogP contribution in [0.4, 0.5) is 0 Å². The van der Waals surface area contributed by atoms with E-state index in [0.29, 0.717) is 22.6 Å². The minimum absolute atomic E-state index is 0.418. The maximum atomic E-state index is 3.48. The van der Waals surface area contributed by atoms with Gasteiger partial charge >= 0.3 is 0 Å². The summed E-state index contributed by atoms with van der Waals surface area (Å²) in [6, 6.07) is 9.95. The summed E-state index contributed by atoms with van der Waals surface area (Å²) in [5.74, 6) is 0.716. The van der Waals surface area contributed by atoms with Crippen LogP contribution in [0.2, 0.25) is 0 Å². The second-order valence-electron chi connectivity index (χ2n) is 6.22. The molecule has 0 spiro atoms. The van der Waals surface area contributed by atoms with E-state index >= 15 is 0 Å². The van der Waals surface area contributed by atoms with E-state index in [-0.39, 0.29) is 0 Å². The Bertz CT molecular complexity index is 412. The van der Waals surface area contributed by atoms with Gasteiger partial charge in [0.15, 0.2) is 0 Å². The average Bonchev–Trinajstić information content (AvgIpc) is 2.38. The van der Waals surface area contributed by atoms with E-state index in [2.05, 4.69) is 64.3 Å². The molecule has 0 heterocycles. The van der Waals surface area contributed by atoms with Gasteiger partial charge in [0.1, 0.15) is 0 Å². The SMILES string of the molecule is CCC1(C)C(NC)CC1c1ccc(SC(C)C)cc1. The minimum Gasteiger partial charge on any atom is -0.316 e. The molecule has 0 saturated heterocycles. The summed E-state index contributed by atoms with van der Waals surface area (Å²) in [7, 11) is 2.09. The van der Waals surface area contributed by atoms with E-state index in [0.717, 1.165) is 0 Å². The average molecular weight is 277 g/mol. The van der Waals surface area contributed by atoms with Gasteiger partial charge in [-0.05, 0) is 48.9 Å². The smallest absolute Gasteiger partial charge is 0.0130 e. The van der Waals surface area contributed by atoms with Crippen LogP contribution in [-0.4, -0.2) is 18.3 Å². The maximum absolute atomic E-state index is 3.48. The Balaban J connectivity index is 2.11. The third-order valence-electron chi connectivity index (χ3n) is 4.83. The van der Waals surface area contributed by atoms with Crippen LogP contribution in [0.3, 0.4) is 0 Å². The fourth-order valence-corrected chi connectivity index (χ4v) is 4.20. The van der Waals surface area contributed by atoms with Crippen LogP contribution in [0, 0.1) is 5.41 Å². The first-order chi connectivity index (χ1) is 9.01. The van der Waals surface area contributed by atoms with E-state index in [9.17, 15) is 0 Å². The van der Waals surface area contributed by atoms with Crippen molar-refractivity contribution in [3.05, 3.63) is 29.8 Å². The van der Waals surface area contributed by atoms with Crippen LogP contribution in [0.25, 0.3) is 0 Å². The van der Waals surface area contributed by atoms with E-state index in [1.54, 1.807) is 0 Å². The molecule has 0 aromatic heterocycles. The highest BCUT2D eigenvalue weighted by atomic mass is 32.2. The predicted octanol–water partition coefficient (Wildman–Crippen LogP) is 4.68. The van der Waals surface area contributed by atoms with Gasteiger partial charge < -0.3 is 5.32 Å². The largest absolute Gasteiger partial charge is 0.316 e. The zero-order valence-corrected chi connectivity index (χ0v) is 13.7. The molecule has 0 bridgehead atoms. The van der Waals surface area contributed by atoms with Crippen molar-refractivity contribution in [2.75, 3.05) is 7.05 Å². The van der Waals surface area contributed by atoms with E-state index in [1.807, 2.05) is 11.8 Å². The number of hydrogen-bond acceptors (Lipinski definition) is 2. The molecule has 0 aliphatic heterocycles. The molecule has 0 radical (unpaired) electrons. The zero-order valence-electron chi connectivity index (χ0n) is 12.9. The lowest BCUT2D eigenvalue weighted by atomic mass is 9.54. The van der Waals surface area contributed by atoms with Crippen molar-refractivity contribution < 1.29 is 0 Å². The summed E-state index contributed by atoms with van der Waals surface area (Å²) in [5.41, 5.74) is 1.94. The second-order valence-corrected chi connectivity index (χ2v) is 7.87. The third-order valence-corrected chi connectivity index (χ3v) is 5.84. The molecular formula is C17H27NS. The summed E-state index contributed by atoms with van der Waals surface area (Å²) in [5, 5.41) is 4.13. The van der Waals surface area contributed by atoms with Crippen molar-refractivity contribution in [2.24, 2.45) is 5.41 Å². The van der Waals surface area contributed by atoms with Crippen molar-refractivity contribution in [3.8, 4) is 0 Å². The molecule has 1 aromatic carbocycles. The van der Waals surface area contributed by atoms with Gasteiger partial charge in [-0.25, -0.2) is 0 Å². The third kappa shape index (κ3) is 2.85. The second kappa shape index (κ2) is 5.88. The van der Waals surface area contributed by atoms with Gasteiger partial charge in [-0.3, -0.25) is 0 Å². The van der Waals surface area contributed by atoms with Gasteiger partial charge in [0.25, 0.3) is 0 Å². The van der Waals surface area contributed by atoms with Crippen LogP contribution in [0.1, 0.15) is 52.0 Å². The highest BCUT2D eigenvalue weighted by Crippen LogP contribution is 2.54. The normalized spacial score (nSPS) is 30.4. The van der Waals surface area contributed by atoms with Gasteiger partial charge in [-0.15, -0.1) is 11.8 Å². The standard InChI is InChI=1S/C17H27NS/c1-6-17(4)15(11-16(17)18-5)13-7-9-14(10-8-13)19-12(2)3/h7-10,12,15-16,18H,6,11H2,1-5H3. The van der Waals surface area contributed by atoms with E-state index in [4.69, 9.17) is 0 Å². The van der Waals surface area contributed by atoms with Crippen molar-refractivity contribution in [3.63, 3.8) is 0 Å². The van der Waals surface area contributed by atoms with E-state index < -0.39 is 0 Å². The first-order valence-electron chi connectivity index (χ1n) is 7.45. The monoisotopic (exact) mass is 277 g/mol. The number of hydrogen-bond donors (Lipinski definition) is 1. The maximum Gasteiger partial charge on any atom is 0.0130 e. The van der Waals surface area contributed by atoms with Crippen molar-refractivity contribution in [1.82, 2.24) is 5.32 Å². The minimum atomic E-state index is 0.418. The Hall–Kier alpha value is -0.470. The van der Waals surface area contributed by atoms with Gasteiger partial charge in [0.2, 0.25) is 0 Å². The Labute approximate surface area is 122 Å². The zero-order chi connectivity index (χ0) is 14.0. The molecule has 1 fully saturated rings. The number of benzene rings is 1. The molecule has 2 rings (SSSR count). The Morgan fingerprint density at radius 3 is 2.42 bits per heavy atom. The molecule has 1 aliphatic rings. The fourth-order valence-electron chi connectivity index (χ4n) is 3.36. The van der Waals surface area contributed by atoms with Crippen molar-refractivity contribution >= 4 is 11.8 Å². The molecule has 1 nitrogen and oxygen atoms in total. The lowest BCUT2D eigenvalue weighted by molar-refractivity contribution is 0.0495. The topological polar surface area (TPSA) is 12.0 Å². The van der Waals surface area contributed by atoms with Gasteiger partial charge in [-0.2, -0.15) is 0 Å². The molecule has 2 heteroatoms. The highest BCUT2D eigenvalue weighted by molar-refractivity contribution is 7.99. The molecule has 0 amide bonds. The van der Waals surface area contributed by atoms with Crippen molar-refractivity contribution in [2.45, 2.75) is 62.6 Å². The molecule has 1 aromatic rings. The Kier molecular flexibility index (Phi) is 4.62. The number of nitrogens with one attached hydrogen (secondary N) is 1. The summed E-state index contributed by atoms with van der Waals surface area (Å²) in [4.78, 5) is 1.39. The number of rotatable bonds is 5. The van der Waals surface area contributed by atoms with Crippen LogP contribution < -0.4 is 5.32 Å². The fraction of sp³-hybridized carbons (Fsp3) is 0.647. The van der Waals surface area contributed by atoms with Crippen LogP contribution in [0.15, 0.2) is 29.2 Å². The quantitative estimate of drug-likeness (QED) is 0.784. The summed E-state index contributed by atoms with van der Waals surface area (Å²) in [6.45, 7) is 9.24. The van der Waals surface area contributed by atoms with Gasteiger partial charge in [0, 0.05) is 16.2 Å². The van der Waals surface area contributed by atoms with Crippen LogP contribution >= 0.6 is 11.8 Å². The summed E-state index contributed by atoms with van der Waals surface area (Å²) < 4.78 is 0. The Morgan fingerprint density at radius 2 is 1.95 bits per heavy atom. The molecule has 1 aliphatic carbocycles. The molecule has 19 heavy (non-hydrogen) atoms. The Morgan fingerprint density at radius 1 is 1.32 bits per heavy atom. The molecule has 1 N–H and O–H groups in total. The lowest BCUT2D eigenvalue weighted by Crippen LogP contribution is -2.55. The van der Waals surface area contributed by atoms with Crippen LogP contribution in [-0.2, 0) is 0 Å². The lowest BCUT2D eigenvalue weighted by Gasteiger charge is -2.54. The number of thioether (sulfide) groups is 1. The molecule has 3 atom stereocenters. The van der Waals surface area contributed by atoms with E-state index in [1.165, 1.54) is 23.3 Å². The summed E-state index contributed by atoms with van der Waals surface area (Å²) in [6.07, 6.45) is 2.52. The molecule has 3 unspecified atom stereocenters.